The normalized spacial score (nSPS) is 12.2. The number of nitriles is 1. The van der Waals surface area contributed by atoms with E-state index >= 15 is 0 Å². The largest absolute Gasteiger partial charge is 0.364 e. The molecule has 3 rings (SSSR count). The molecule has 0 aromatic heterocycles. The summed E-state index contributed by atoms with van der Waals surface area (Å²) in [6.45, 7) is 4.22. The van der Waals surface area contributed by atoms with Crippen LogP contribution in [0.2, 0.25) is 0 Å². The Balaban J connectivity index is 1.92. The van der Waals surface area contributed by atoms with E-state index in [1.54, 1.807) is 12.1 Å². The topological polar surface area (TPSA) is 96.3 Å². The summed E-state index contributed by atoms with van der Waals surface area (Å²) >= 11 is 0. The molecule has 7 heteroatoms. The van der Waals surface area contributed by atoms with Crippen LogP contribution in [0.3, 0.4) is 0 Å². The highest BCUT2D eigenvalue weighted by Crippen LogP contribution is 2.34. The van der Waals surface area contributed by atoms with Gasteiger partial charge in [0.15, 0.2) is 9.84 Å². The third-order valence-electron chi connectivity index (χ3n) is 5.59. The van der Waals surface area contributed by atoms with Crippen molar-refractivity contribution < 1.29 is 17.9 Å². The summed E-state index contributed by atoms with van der Waals surface area (Å²) in [5.74, 6) is -0.0391. The molecule has 6 nitrogen and oxygen atoms in total. The average Bonchev–Trinajstić information content (AvgIpc) is 2.84. The van der Waals surface area contributed by atoms with Crippen LogP contribution in [-0.2, 0) is 26.0 Å². The van der Waals surface area contributed by atoms with Crippen molar-refractivity contribution in [2.24, 2.45) is 5.92 Å². The van der Waals surface area contributed by atoms with Gasteiger partial charge in [-0.3, -0.25) is 4.79 Å². The van der Waals surface area contributed by atoms with Gasteiger partial charge in [-0.15, -0.1) is 0 Å². The Morgan fingerprint density at radius 1 is 0.943 bits per heavy atom. The molecule has 0 saturated carbocycles. The summed E-state index contributed by atoms with van der Waals surface area (Å²) in [5.41, 5.74) is 4.74. The van der Waals surface area contributed by atoms with Crippen molar-refractivity contribution in [3.63, 3.8) is 0 Å². The number of sulfone groups is 1. The van der Waals surface area contributed by atoms with Gasteiger partial charge in [0.05, 0.1) is 17.6 Å². The van der Waals surface area contributed by atoms with Crippen molar-refractivity contribution in [1.82, 2.24) is 5.32 Å². The summed E-state index contributed by atoms with van der Waals surface area (Å²) in [5, 5.41) is 11.4. The number of ether oxygens (including phenoxy) is 1. The smallest absolute Gasteiger partial charge is 0.249 e. The molecule has 182 valence electrons. The quantitative estimate of drug-likeness (QED) is 0.404. The molecule has 0 fully saturated rings. The number of carbonyl (C=O) groups excluding carboxylic acids is 1. The third-order valence-corrected chi connectivity index (χ3v) is 6.72. The van der Waals surface area contributed by atoms with Crippen LogP contribution in [0.4, 0.5) is 0 Å². The van der Waals surface area contributed by atoms with Crippen LogP contribution >= 0.6 is 0 Å². The lowest BCUT2D eigenvalue weighted by Crippen LogP contribution is -2.37. The molecule has 1 amide bonds. The zero-order chi connectivity index (χ0) is 25.4. The first kappa shape index (κ1) is 26.1. The Hall–Kier alpha value is -3.47. The van der Waals surface area contributed by atoms with E-state index in [4.69, 9.17) is 10.00 Å². The number of carbonyl (C=O) groups is 1. The fourth-order valence-corrected chi connectivity index (χ4v) is 4.50. The third kappa shape index (κ3) is 7.01. The SMILES string of the molecule is CC(C)C[C@H](OCc1ccccc1-c1ccccc1-c1ccc(S(C)(=O)=O)cc1)C(=O)NCC#N. The molecule has 35 heavy (non-hydrogen) atoms. The molecule has 0 bridgehead atoms. The molecule has 3 aromatic carbocycles. The van der Waals surface area contributed by atoms with Crippen LogP contribution in [-0.4, -0.2) is 33.2 Å². The molecule has 0 saturated heterocycles. The zero-order valence-corrected chi connectivity index (χ0v) is 21.0. The van der Waals surface area contributed by atoms with Crippen LogP contribution < -0.4 is 5.32 Å². The molecular formula is C28H30N2O4S. The Bertz CT molecular complexity index is 1310. The molecule has 0 aliphatic rings. The van der Waals surface area contributed by atoms with Crippen LogP contribution in [0.15, 0.2) is 77.7 Å². The van der Waals surface area contributed by atoms with Crippen LogP contribution in [0.25, 0.3) is 22.3 Å². The summed E-state index contributed by atoms with van der Waals surface area (Å²) in [6, 6.07) is 24.6. The standard InChI is InChI=1S/C28H30N2O4S/c1-20(2)18-27(28(31)30-17-16-29)34-19-22-8-4-5-10-25(22)26-11-7-6-9-24(26)21-12-14-23(15-13-21)35(3,32)33/h4-15,20,27H,17-19H2,1-3H3,(H,30,31)/t27-/m0/s1. The monoisotopic (exact) mass is 490 g/mol. The second-order valence-electron chi connectivity index (χ2n) is 8.80. The van der Waals surface area contributed by atoms with Gasteiger partial charge in [0.1, 0.15) is 12.6 Å². The number of benzene rings is 3. The van der Waals surface area contributed by atoms with Gasteiger partial charge >= 0.3 is 0 Å². The number of hydrogen-bond donors (Lipinski definition) is 1. The van der Waals surface area contributed by atoms with Gasteiger partial charge in [0, 0.05) is 6.26 Å². The predicted octanol–water partition coefficient (Wildman–Crippen LogP) is 5.00. The van der Waals surface area contributed by atoms with Crippen molar-refractivity contribution in [3.05, 3.63) is 78.4 Å². The number of nitrogens with zero attached hydrogens (tertiary/aromatic N) is 1. The molecule has 1 atom stereocenters. The maximum Gasteiger partial charge on any atom is 0.249 e. The van der Waals surface area contributed by atoms with E-state index in [2.05, 4.69) is 5.32 Å². The lowest BCUT2D eigenvalue weighted by atomic mass is 9.92. The highest BCUT2D eigenvalue weighted by atomic mass is 32.2. The minimum Gasteiger partial charge on any atom is -0.364 e. The fraction of sp³-hybridized carbons (Fsp3) is 0.286. The van der Waals surface area contributed by atoms with E-state index in [9.17, 15) is 13.2 Å². The second-order valence-corrected chi connectivity index (χ2v) is 10.8. The van der Waals surface area contributed by atoms with Gasteiger partial charge in [0.2, 0.25) is 5.91 Å². The molecular weight excluding hydrogens is 460 g/mol. The Labute approximate surface area is 207 Å². The second kappa shape index (κ2) is 11.8. The molecule has 3 aromatic rings. The summed E-state index contributed by atoms with van der Waals surface area (Å²) in [6.07, 6.45) is 1.08. The Kier molecular flexibility index (Phi) is 8.80. The van der Waals surface area contributed by atoms with Crippen molar-refractivity contribution in [3.8, 4) is 28.3 Å². The van der Waals surface area contributed by atoms with Crippen LogP contribution in [0.1, 0.15) is 25.8 Å². The highest BCUT2D eigenvalue weighted by molar-refractivity contribution is 7.90. The maximum absolute atomic E-state index is 12.5. The number of rotatable bonds is 10. The van der Waals surface area contributed by atoms with Gasteiger partial charge in [0.25, 0.3) is 0 Å². The average molecular weight is 491 g/mol. The van der Waals surface area contributed by atoms with Gasteiger partial charge < -0.3 is 10.1 Å². The molecule has 1 N–H and O–H groups in total. The fourth-order valence-electron chi connectivity index (χ4n) is 3.87. The van der Waals surface area contributed by atoms with Gasteiger partial charge in [-0.2, -0.15) is 5.26 Å². The Morgan fingerprint density at radius 2 is 1.54 bits per heavy atom. The molecule has 0 radical (unpaired) electrons. The van der Waals surface area contributed by atoms with E-state index in [0.29, 0.717) is 6.42 Å². The maximum atomic E-state index is 12.5. The first-order valence-electron chi connectivity index (χ1n) is 11.4. The van der Waals surface area contributed by atoms with E-state index in [0.717, 1.165) is 27.8 Å². The highest BCUT2D eigenvalue weighted by Gasteiger charge is 2.21. The van der Waals surface area contributed by atoms with E-state index in [-0.39, 0.29) is 29.9 Å². The van der Waals surface area contributed by atoms with E-state index in [1.807, 2.05) is 80.6 Å². The minimum atomic E-state index is -3.28. The van der Waals surface area contributed by atoms with Crippen molar-refractivity contribution in [2.75, 3.05) is 12.8 Å². The molecule has 0 heterocycles. The number of amides is 1. The number of nitrogens with one attached hydrogen (secondary N) is 1. The summed E-state index contributed by atoms with van der Waals surface area (Å²) < 4.78 is 29.8. The minimum absolute atomic E-state index is 0.0567. The van der Waals surface area contributed by atoms with Gasteiger partial charge in [-0.25, -0.2) is 8.42 Å². The van der Waals surface area contributed by atoms with E-state index < -0.39 is 15.9 Å². The molecule has 0 aliphatic heterocycles. The van der Waals surface area contributed by atoms with Crippen LogP contribution in [0, 0.1) is 17.2 Å². The van der Waals surface area contributed by atoms with Crippen molar-refractivity contribution in [1.29, 1.82) is 5.26 Å². The predicted molar refractivity (Wildman–Crippen MR) is 137 cm³/mol. The molecule has 0 aliphatic carbocycles. The first-order valence-corrected chi connectivity index (χ1v) is 13.3. The molecule has 0 unspecified atom stereocenters. The van der Waals surface area contributed by atoms with Crippen molar-refractivity contribution in [2.45, 2.75) is 37.9 Å². The zero-order valence-electron chi connectivity index (χ0n) is 20.2. The number of hydrogen-bond acceptors (Lipinski definition) is 5. The van der Waals surface area contributed by atoms with Gasteiger partial charge in [-0.1, -0.05) is 74.5 Å². The van der Waals surface area contributed by atoms with Crippen LogP contribution in [0.5, 0.6) is 0 Å². The Morgan fingerprint density at radius 3 is 2.14 bits per heavy atom. The summed E-state index contributed by atoms with van der Waals surface area (Å²) in [7, 11) is -3.28. The lowest BCUT2D eigenvalue weighted by Gasteiger charge is -2.20. The first-order chi connectivity index (χ1) is 16.7. The van der Waals surface area contributed by atoms with Gasteiger partial charge in [-0.05, 0) is 52.3 Å². The summed E-state index contributed by atoms with van der Waals surface area (Å²) in [4.78, 5) is 12.8. The molecule has 0 spiro atoms. The van der Waals surface area contributed by atoms with E-state index in [1.165, 1.54) is 6.26 Å². The lowest BCUT2D eigenvalue weighted by molar-refractivity contribution is -0.134. The van der Waals surface area contributed by atoms with Crippen molar-refractivity contribution >= 4 is 15.7 Å².